The fraction of sp³-hybridized carbons (Fsp3) is 1.00. The number of aliphatic hydroxyl groups excluding tert-OH is 1. The van der Waals surface area contributed by atoms with Gasteiger partial charge in [0.1, 0.15) is 0 Å². The van der Waals surface area contributed by atoms with Crippen molar-refractivity contribution >= 4 is 0 Å². The van der Waals surface area contributed by atoms with Gasteiger partial charge in [-0.05, 0) is 122 Å². The van der Waals surface area contributed by atoms with E-state index in [0.29, 0.717) is 10.8 Å². The summed E-state index contributed by atoms with van der Waals surface area (Å²) in [5.74, 6) is 7.34. The zero-order valence-corrected chi connectivity index (χ0v) is 21.1. The average molecular weight is 417 g/mol. The molecule has 4 aliphatic rings. The first-order valence-electron chi connectivity index (χ1n) is 13.9. The summed E-state index contributed by atoms with van der Waals surface area (Å²) in [4.78, 5) is 0. The second-order valence-corrected chi connectivity index (χ2v) is 13.3. The van der Waals surface area contributed by atoms with Crippen molar-refractivity contribution in [1.82, 2.24) is 0 Å². The van der Waals surface area contributed by atoms with Gasteiger partial charge in [0, 0.05) is 0 Å². The van der Waals surface area contributed by atoms with Crippen LogP contribution in [0.1, 0.15) is 119 Å². The zero-order chi connectivity index (χ0) is 21.7. The third kappa shape index (κ3) is 3.82. The lowest BCUT2D eigenvalue weighted by Gasteiger charge is -2.61. The van der Waals surface area contributed by atoms with Crippen molar-refractivity contribution in [2.24, 2.45) is 58.2 Å². The summed E-state index contributed by atoms with van der Waals surface area (Å²) in [6.45, 7) is 15.2. The molecule has 0 aliphatic heterocycles. The molecule has 174 valence electrons. The topological polar surface area (TPSA) is 20.2 Å². The van der Waals surface area contributed by atoms with Crippen molar-refractivity contribution in [1.29, 1.82) is 0 Å². The second-order valence-electron chi connectivity index (χ2n) is 13.3. The van der Waals surface area contributed by atoms with Crippen LogP contribution in [0.5, 0.6) is 0 Å². The molecule has 30 heavy (non-hydrogen) atoms. The summed E-state index contributed by atoms with van der Waals surface area (Å²) >= 11 is 0. The van der Waals surface area contributed by atoms with Gasteiger partial charge in [0.05, 0.1) is 6.10 Å². The predicted octanol–water partition coefficient (Wildman–Crippen LogP) is 8.10. The van der Waals surface area contributed by atoms with E-state index >= 15 is 0 Å². The molecule has 0 spiro atoms. The number of fused-ring (bicyclic) bond motifs is 5. The molecular formula is C29H52O. The molecule has 1 nitrogen and oxygen atoms in total. The normalized spacial score (nSPS) is 48.0. The highest BCUT2D eigenvalue weighted by Crippen LogP contribution is 2.68. The first-order valence-corrected chi connectivity index (χ1v) is 13.9. The predicted molar refractivity (Wildman–Crippen MR) is 128 cm³/mol. The van der Waals surface area contributed by atoms with Crippen LogP contribution in [-0.4, -0.2) is 11.2 Å². The number of hydrogen-bond donors (Lipinski definition) is 1. The van der Waals surface area contributed by atoms with Gasteiger partial charge in [-0.25, -0.2) is 0 Å². The Morgan fingerprint density at radius 2 is 1.53 bits per heavy atom. The number of rotatable bonds is 6. The first kappa shape index (κ1) is 23.1. The lowest BCUT2D eigenvalue weighted by atomic mass is 9.44. The summed E-state index contributed by atoms with van der Waals surface area (Å²) in [7, 11) is 0. The quantitative estimate of drug-likeness (QED) is 0.463. The van der Waals surface area contributed by atoms with Crippen LogP contribution in [0.2, 0.25) is 0 Å². The fourth-order valence-electron chi connectivity index (χ4n) is 9.90. The molecule has 9 unspecified atom stereocenters. The van der Waals surface area contributed by atoms with Gasteiger partial charge in [0.15, 0.2) is 0 Å². The third-order valence-corrected chi connectivity index (χ3v) is 11.9. The van der Waals surface area contributed by atoms with Crippen LogP contribution in [0.3, 0.4) is 0 Å². The third-order valence-electron chi connectivity index (χ3n) is 11.9. The van der Waals surface area contributed by atoms with Crippen molar-refractivity contribution in [3.63, 3.8) is 0 Å². The molecule has 1 heteroatoms. The molecule has 0 saturated heterocycles. The van der Waals surface area contributed by atoms with Crippen LogP contribution >= 0.6 is 0 Å². The molecule has 0 aromatic rings. The molecule has 0 heterocycles. The van der Waals surface area contributed by atoms with E-state index in [9.17, 15) is 5.11 Å². The Morgan fingerprint density at radius 1 is 0.833 bits per heavy atom. The highest BCUT2D eigenvalue weighted by atomic mass is 16.3. The van der Waals surface area contributed by atoms with Crippen LogP contribution in [0.15, 0.2) is 0 Å². The minimum absolute atomic E-state index is 0.0111. The number of hydrogen-bond acceptors (Lipinski definition) is 1. The SMILES string of the molecule is CCC(CCC(C)C1CCC2C3CCC4C[C@@H](O)CCC4(C)C3CCC12C)C(C)C. The highest BCUT2D eigenvalue weighted by Gasteiger charge is 2.60. The van der Waals surface area contributed by atoms with Crippen LogP contribution in [-0.2, 0) is 0 Å². The van der Waals surface area contributed by atoms with Crippen molar-refractivity contribution in [2.45, 2.75) is 125 Å². The van der Waals surface area contributed by atoms with E-state index in [2.05, 4.69) is 41.5 Å². The Hall–Kier alpha value is -0.0400. The summed E-state index contributed by atoms with van der Waals surface area (Å²) in [6, 6.07) is 0. The standard InChI is InChI=1S/C29H52O/c1-7-21(19(2)3)9-8-20(4)25-12-13-26-24-11-10-22-18-23(30)14-16-28(22,5)27(24)15-17-29(25,26)6/h19-27,30H,7-18H2,1-6H3/t20?,21?,22?,23-,24?,25?,26?,27?,28?,29?/m0/s1. The van der Waals surface area contributed by atoms with E-state index in [1.807, 2.05) is 0 Å². The van der Waals surface area contributed by atoms with E-state index in [-0.39, 0.29) is 6.10 Å². The lowest BCUT2D eigenvalue weighted by molar-refractivity contribution is -0.129. The van der Waals surface area contributed by atoms with Crippen molar-refractivity contribution < 1.29 is 5.11 Å². The van der Waals surface area contributed by atoms with Crippen LogP contribution in [0.25, 0.3) is 0 Å². The van der Waals surface area contributed by atoms with Crippen molar-refractivity contribution in [2.75, 3.05) is 0 Å². The van der Waals surface area contributed by atoms with Gasteiger partial charge in [0.2, 0.25) is 0 Å². The maximum absolute atomic E-state index is 10.3. The molecule has 4 saturated carbocycles. The Bertz CT molecular complexity index is 583. The van der Waals surface area contributed by atoms with Crippen LogP contribution in [0, 0.1) is 58.2 Å². The van der Waals surface area contributed by atoms with E-state index < -0.39 is 0 Å². The van der Waals surface area contributed by atoms with Gasteiger partial charge < -0.3 is 5.11 Å². The molecule has 0 aromatic heterocycles. The summed E-state index contributed by atoms with van der Waals surface area (Å²) in [5, 5.41) is 10.3. The maximum atomic E-state index is 10.3. The summed E-state index contributed by atoms with van der Waals surface area (Å²) in [6.07, 6.45) is 16.5. The highest BCUT2D eigenvalue weighted by molar-refractivity contribution is 5.09. The molecule has 4 aliphatic carbocycles. The van der Waals surface area contributed by atoms with Gasteiger partial charge in [0.25, 0.3) is 0 Å². The average Bonchev–Trinajstić information content (AvgIpc) is 3.06. The van der Waals surface area contributed by atoms with E-state index in [1.54, 1.807) is 0 Å². The van der Waals surface area contributed by atoms with Crippen LogP contribution < -0.4 is 0 Å². The molecule has 4 rings (SSSR count). The molecule has 4 fully saturated rings. The van der Waals surface area contributed by atoms with Crippen molar-refractivity contribution in [3.8, 4) is 0 Å². The zero-order valence-electron chi connectivity index (χ0n) is 21.1. The molecule has 10 atom stereocenters. The first-order chi connectivity index (χ1) is 14.2. The van der Waals surface area contributed by atoms with E-state index in [0.717, 1.165) is 60.2 Å². The fourth-order valence-corrected chi connectivity index (χ4v) is 9.90. The molecule has 0 bridgehead atoms. The Morgan fingerprint density at radius 3 is 2.23 bits per heavy atom. The van der Waals surface area contributed by atoms with Gasteiger partial charge in [-0.2, -0.15) is 0 Å². The molecule has 1 N–H and O–H groups in total. The molecule has 0 aromatic carbocycles. The van der Waals surface area contributed by atoms with Gasteiger partial charge in [-0.15, -0.1) is 0 Å². The second kappa shape index (κ2) is 8.72. The number of aliphatic hydroxyl groups is 1. The van der Waals surface area contributed by atoms with Gasteiger partial charge in [-0.3, -0.25) is 0 Å². The maximum Gasteiger partial charge on any atom is 0.0543 e. The molecular weight excluding hydrogens is 364 g/mol. The minimum atomic E-state index is -0.0111. The Balaban J connectivity index is 1.45. The largest absolute Gasteiger partial charge is 0.393 e. The smallest absolute Gasteiger partial charge is 0.0543 e. The Labute approximate surface area is 188 Å². The van der Waals surface area contributed by atoms with Crippen LogP contribution in [0.4, 0.5) is 0 Å². The molecule has 0 radical (unpaired) electrons. The molecule has 0 amide bonds. The summed E-state index contributed by atoms with van der Waals surface area (Å²) < 4.78 is 0. The van der Waals surface area contributed by atoms with Gasteiger partial charge >= 0.3 is 0 Å². The monoisotopic (exact) mass is 416 g/mol. The summed E-state index contributed by atoms with van der Waals surface area (Å²) in [5.41, 5.74) is 1.14. The Kier molecular flexibility index (Phi) is 6.72. The van der Waals surface area contributed by atoms with Crippen molar-refractivity contribution in [3.05, 3.63) is 0 Å². The van der Waals surface area contributed by atoms with E-state index in [4.69, 9.17) is 0 Å². The van der Waals surface area contributed by atoms with E-state index in [1.165, 1.54) is 64.2 Å². The van der Waals surface area contributed by atoms with Gasteiger partial charge in [-0.1, -0.05) is 54.4 Å². The lowest BCUT2D eigenvalue weighted by Crippen LogP contribution is -2.54. The minimum Gasteiger partial charge on any atom is -0.393 e.